The molecule has 0 radical (unpaired) electrons. The lowest BCUT2D eigenvalue weighted by atomic mass is 10.1. The maximum atomic E-state index is 13.5. The van der Waals surface area contributed by atoms with Crippen molar-refractivity contribution in [1.29, 1.82) is 0 Å². The normalized spacial score (nSPS) is 10.2. The van der Waals surface area contributed by atoms with Gasteiger partial charge in [-0.15, -0.1) is 0 Å². The summed E-state index contributed by atoms with van der Waals surface area (Å²) in [6.07, 6.45) is 0. The maximum Gasteiger partial charge on any atom is 0.134 e. The molecule has 0 aromatic heterocycles. The molecule has 0 bridgehead atoms. The van der Waals surface area contributed by atoms with Crippen molar-refractivity contribution in [2.75, 3.05) is 13.2 Å². The summed E-state index contributed by atoms with van der Waals surface area (Å²) < 4.78 is 18.7. The van der Waals surface area contributed by atoms with Crippen LogP contribution < -0.4 is 5.32 Å². The molecule has 3 heteroatoms. The van der Waals surface area contributed by atoms with Crippen molar-refractivity contribution in [3.05, 3.63) is 41.7 Å². The molecule has 0 saturated carbocycles. The molecule has 16 heavy (non-hydrogen) atoms. The van der Waals surface area contributed by atoms with Gasteiger partial charge in [0.15, 0.2) is 0 Å². The lowest BCUT2D eigenvalue weighted by molar-refractivity contribution is 0.297. The van der Waals surface area contributed by atoms with Crippen molar-refractivity contribution in [2.24, 2.45) is 0 Å². The highest BCUT2D eigenvalue weighted by molar-refractivity contribution is 5.58. The number of hydrogen-bond acceptors (Lipinski definition) is 2. The Morgan fingerprint density at radius 1 is 1.44 bits per heavy atom. The van der Waals surface area contributed by atoms with Gasteiger partial charge in [0.1, 0.15) is 11.6 Å². The highest BCUT2D eigenvalue weighted by atomic mass is 19.1. The molecule has 2 nitrogen and oxygen atoms in total. The molecule has 0 aliphatic heterocycles. The second-order valence-corrected chi connectivity index (χ2v) is 3.45. The summed E-state index contributed by atoms with van der Waals surface area (Å²) in [7, 11) is 0. The van der Waals surface area contributed by atoms with Crippen molar-refractivity contribution in [3.8, 4) is 0 Å². The Hall–Kier alpha value is -1.35. The van der Waals surface area contributed by atoms with Crippen molar-refractivity contribution in [2.45, 2.75) is 20.4 Å². The Bertz CT molecular complexity index is 363. The minimum Gasteiger partial charge on any atom is -0.494 e. The van der Waals surface area contributed by atoms with Crippen LogP contribution in [0.5, 0.6) is 0 Å². The van der Waals surface area contributed by atoms with Crippen LogP contribution in [0.15, 0.2) is 24.8 Å². The number of benzene rings is 1. The smallest absolute Gasteiger partial charge is 0.134 e. The lowest BCUT2D eigenvalue weighted by Gasteiger charge is -2.10. The van der Waals surface area contributed by atoms with Crippen molar-refractivity contribution in [3.63, 3.8) is 0 Å². The average Bonchev–Trinajstić information content (AvgIpc) is 2.28. The van der Waals surface area contributed by atoms with Crippen LogP contribution in [0.1, 0.15) is 25.0 Å². The predicted molar refractivity (Wildman–Crippen MR) is 64.4 cm³/mol. The second kappa shape index (κ2) is 6.28. The minimum absolute atomic E-state index is 0.293. The quantitative estimate of drug-likeness (QED) is 0.749. The fraction of sp³-hybridized carbons (Fsp3) is 0.385. The molecule has 0 aliphatic carbocycles. The molecule has 0 atom stereocenters. The Morgan fingerprint density at radius 2 is 2.19 bits per heavy atom. The van der Waals surface area contributed by atoms with E-state index in [4.69, 9.17) is 4.74 Å². The predicted octanol–water partition coefficient (Wildman–Crippen LogP) is 2.94. The Labute approximate surface area is 96.1 Å². The van der Waals surface area contributed by atoms with Crippen LogP contribution in [0.2, 0.25) is 0 Å². The van der Waals surface area contributed by atoms with Crippen LogP contribution in [0.25, 0.3) is 5.76 Å². The molecular formula is C13H18FNO. The van der Waals surface area contributed by atoms with Gasteiger partial charge < -0.3 is 10.1 Å². The third kappa shape index (κ3) is 3.35. The molecule has 1 N–H and O–H groups in total. The van der Waals surface area contributed by atoms with Crippen LogP contribution in [0.3, 0.4) is 0 Å². The van der Waals surface area contributed by atoms with Gasteiger partial charge in [-0.25, -0.2) is 4.39 Å². The van der Waals surface area contributed by atoms with E-state index in [0.717, 1.165) is 18.7 Å². The molecule has 1 aromatic carbocycles. The van der Waals surface area contributed by atoms with Crippen molar-refractivity contribution < 1.29 is 9.13 Å². The van der Waals surface area contributed by atoms with E-state index in [0.29, 0.717) is 17.9 Å². The van der Waals surface area contributed by atoms with Crippen LogP contribution in [0, 0.1) is 5.82 Å². The zero-order valence-corrected chi connectivity index (χ0v) is 9.85. The summed E-state index contributed by atoms with van der Waals surface area (Å²) in [5, 5.41) is 3.19. The highest BCUT2D eigenvalue weighted by Gasteiger charge is 2.07. The highest BCUT2D eigenvalue weighted by Crippen LogP contribution is 2.19. The molecule has 0 unspecified atom stereocenters. The number of rotatable bonds is 6. The van der Waals surface area contributed by atoms with Crippen molar-refractivity contribution >= 4 is 5.76 Å². The average molecular weight is 223 g/mol. The lowest BCUT2D eigenvalue weighted by Crippen LogP contribution is -2.12. The number of hydrogen-bond donors (Lipinski definition) is 1. The Balaban J connectivity index is 2.85. The van der Waals surface area contributed by atoms with Gasteiger partial charge in [-0.1, -0.05) is 19.6 Å². The summed E-state index contributed by atoms with van der Waals surface area (Å²) in [6, 6.07) is 4.99. The molecule has 88 valence electrons. The maximum absolute atomic E-state index is 13.5. The third-order valence-electron chi connectivity index (χ3n) is 2.23. The number of halogens is 1. The summed E-state index contributed by atoms with van der Waals surface area (Å²) >= 11 is 0. The van der Waals surface area contributed by atoms with Crippen LogP contribution >= 0.6 is 0 Å². The fourth-order valence-electron chi connectivity index (χ4n) is 1.42. The summed E-state index contributed by atoms with van der Waals surface area (Å²) in [4.78, 5) is 0. The first-order valence-electron chi connectivity index (χ1n) is 5.50. The number of ether oxygens (including phenoxy) is 1. The van der Waals surface area contributed by atoms with Gasteiger partial charge in [0.05, 0.1) is 12.2 Å². The first-order valence-corrected chi connectivity index (χ1v) is 5.50. The van der Waals surface area contributed by atoms with Gasteiger partial charge in [-0.05, 0) is 31.2 Å². The van der Waals surface area contributed by atoms with E-state index in [1.165, 1.54) is 6.07 Å². The SMILES string of the molecule is C=C(OCC)c1cc(CNCC)ccc1F. The molecule has 1 rings (SSSR count). The van der Waals surface area contributed by atoms with E-state index in [-0.39, 0.29) is 5.82 Å². The molecule has 0 fully saturated rings. The third-order valence-corrected chi connectivity index (χ3v) is 2.23. The molecule has 0 amide bonds. The second-order valence-electron chi connectivity index (χ2n) is 3.45. The van der Waals surface area contributed by atoms with Gasteiger partial charge in [0.25, 0.3) is 0 Å². The van der Waals surface area contributed by atoms with Gasteiger partial charge >= 0.3 is 0 Å². The van der Waals surface area contributed by atoms with Crippen LogP contribution in [0.4, 0.5) is 4.39 Å². The van der Waals surface area contributed by atoms with E-state index in [2.05, 4.69) is 11.9 Å². The van der Waals surface area contributed by atoms with E-state index in [1.807, 2.05) is 13.8 Å². The van der Waals surface area contributed by atoms with Crippen LogP contribution in [-0.2, 0) is 11.3 Å². The molecular weight excluding hydrogens is 205 g/mol. The first-order chi connectivity index (χ1) is 7.69. The standard InChI is InChI=1S/C13H18FNO/c1-4-15-9-11-6-7-13(14)12(8-11)10(3)16-5-2/h6-8,15H,3-5,9H2,1-2H3. The molecule has 0 aliphatic rings. The van der Waals surface area contributed by atoms with Gasteiger partial charge in [0.2, 0.25) is 0 Å². The largest absolute Gasteiger partial charge is 0.494 e. The molecule has 0 heterocycles. The minimum atomic E-state index is -0.293. The van der Waals surface area contributed by atoms with Gasteiger partial charge in [-0.3, -0.25) is 0 Å². The van der Waals surface area contributed by atoms with Gasteiger partial charge in [-0.2, -0.15) is 0 Å². The monoisotopic (exact) mass is 223 g/mol. The van der Waals surface area contributed by atoms with E-state index < -0.39 is 0 Å². The van der Waals surface area contributed by atoms with E-state index in [1.54, 1.807) is 12.1 Å². The Morgan fingerprint density at radius 3 is 2.81 bits per heavy atom. The van der Waals surface area contributed by atoms with Crippen molar-refractivity contribution in [1.82, 2.24) is 5.32 Å². The fourth-order valence-corrected chi connectivity index (χ4v) is 1.42. The molecule has 0 saturated heterocycles. The zero-order chi connectivity index (χ0) is 12.0. The van der Waals surface area contributed by atoms with Crippen LogP contribution in [-0.4, -0.2) is 13.2 Å². The molecule has 0 spiro atoms. The number of nitrogens with one attached hydrogen (secondary N) is 1. The first kappa shape index (κ1) is 12.7. The summed E-state index contributed by atoms with van der Waals surface area (Å²) in [5.74, 6) is 0.0945. The summed E-state index contributed by atoms with van der Waals surface area (Å²) in [5.41, 5.74) is 1.47. The zero-order valence-electron chi connectivity index (χ0n) is 9.85. The van der Waals surface area contributed by atoms with Gasteiger partial charge in [0, 0.05) is 6.54 Å². The van der Waals surface area contributed by atoms with E-state index in [9.17, 15) is 4.39 Å². The molecule has 1 aromatic rings. The summed E-state index contributed by atoms with van der Waals surface area (Å²) in [6.45, 7) is 9.71. The topological polar surface area (TPSA) is 21.3 Å². The Kier molecular flexibility index (Phi) is 4.99. The van der Waals surface area contributed by atoms with E-state index >= 15 is 0 Å².